The lowest BCUT2D eigenvalue weighted by atomic mass is 9.74. The molecule has 1 aromatic carbocycles. The van der Waals surface area contributed by atoms with Crippen LogP contribution in [0.1, 0.15) is 38.7 Å². The van der Waals surface area contributed by atoms with E-state index in [2.05, 4.69) is 37.5 Å². The van der Waals surface area contributed by atoms with Crippen molar-refractivity contribution in [3.63, 3.8) is 0 Å². The molecule has 1 saturated heterocycles. The van der Waals surface area contributed by atoms with Gasteiger partial charge in [0.1, 0.15) is 5.75 Å². The number of anilines is 1. The number of amides is 1. The first kappa shape index (κ1) is 18.0. The van der Waals surface area contributed by atoms with Gasteiger partial charge in [-0.15, -0.1) is 6.58 Å². The van der Waals surface area contributed by atoms with Crippen LogP contribution in [-0.2, 0) is 10.2 Å². The number of piperidine rings is 1. The summed E-state index contributed by atoms with van der Waals surface area (Å²) in [5, 5.41) is 0. The van der Waals surface area contributed by atoms with Gasteiger partial charge in [0.25, 0.3) is 0 Å². The maximum atomic E-state index is 12.8. The minimum Gasteiger partial charge on any atom is -0.497 e. The predicted molar refractivity (Wildman–Crippen MR) is 102 cm³/mol. The molecule has 25 heavy (non-hydrogen) atoms. The number of carbonyl (C=O) groups excluding carboxylic acids is 1. The van der Waals surface area contributed by atoms with Crippen LogP contribution in [0, 0.1) is 5.92 Å². The van der Waals surface area contributed by atoms with E-state index in [0.29, 0.717) is 12.3 Å². The average molecular weight is 342 g/mol. The van der Waals surface area contributed by atoms with E-state index in [1.54, 1.807) is 7.11 Å². The summed E-state index contributed by atoms with van der Waals surface area (Å²) in [6, 6.07) is 6.19. The van der Waals surface area contributed by atoms with Crippen LogP contribution >= 0.6 is 0 Å². The maximum absolute atomic E-state index is 12.8. The third kappa shape index (κ3) is 3.45. The van der Waals surface area contributed by atoms with Crippen molar-refractivity contribution in [1.29, 1.82) is 0 Å². The highest BCUT2D eigenvalue weighted by atomic mass is 16.5. The molecule has 1 spiro atoms. The van der Waals surface area contributed by atoms with Crippen LogP contribution in [-0.4, -0.2) is 44.1 Å². The number of hydrogen-bond acceptors (Lipinski definition) is 3. The number of likely N-dealkylation sites (tertiary alicyclic amines) is 1. The van der Waals surface area contributed by atoms with Gasteiger partial charge in [-0.3, -0.25) is 9.69 Å². The van der Waals surface area contributed by atoms with Crippen molar-refractivity contribution < 1.29 is 9.53 Å². The van der Waals surface area contributed by atoms with E-state index in [4.69, 9.17) is 4.74 Å². The molecule has 2 aliphatic heterocycles. The molecule has 136 valence electrons. The first-order chi connectivity index (χ1) is 12.0. The van der Waals surface area contributed by atoms with E-state index < -0.39 is 0 Å². The number of carbonyl (C=O) groups is 1. The summed E-state index contributed by atoms with van der Waals surface area (Å²) in [5.74, 6) is 1.50. The van der Waals surface area contributed by atoms with Crippen LogP contribution in [0.15, 0.2) is 30.9 Å². The Labute approximate surface area is 151 Å². The van der Waals surface area contributed by atoms with E-state index in [-0.39, 0.29) is 11.3 Å². The van der Waals surface area contributed by atoms with E-state index >= 15 is 0 Å². The fourth-order valence-electron chi connectivity index (χ4n) is 4.23. The molecule has 0 aromatic heterocycles. The molecule has 0 atom stereocenters. The van der Waals surface area contributed by atoms with Gasteiger partial charge in [0, 0.05) is 30.6 Å². The molecule has 2 heterocycles. The first-order valence-corrected chi connectivity index (χ1v) is 9.31. The molecule has 0 bridgehead atoms. The third-order valence-electron chi connectivity index (χ3n) is 5.61. The second-order valence-electron chi connectivity index (χ2n) is 7.83. The minimum atomic E-state index is 0.0637. The van der Waals surface area contributed by atoms with Gasteiger partial charge < -0.3 is 9.64 Å². The highest BCUT2D eigenvalue weighted by Gasteiger charge is 2.46. The van der Waals surface area contributed by atoms with Crippen LogP contribution in [0.4, 0.5) is 5.69 Å². The number of nitrogens with zero attached hydrogens (tertiary/aromatic N) is 2. The van der Waals surface area contributed by atoms with Crippen molar-refractivity contribution in [3.8, 4) is 5.75 Å². The number of rotatable bonds is 5. The second-order valence-corrected chi connectivity index (χ2v) is 7.83. The molecule has 0 unspecified atom stereocenters. The van der Waals surface area contributed by atoms with E-state index in [0.717, 1.165) is 50.5 Å². The quantitative estimate of drug-likeness (QED) is 0.767. The highest BCUT2D eigenvalue weighted by Crippen LogP contribution is 2.48. The summed E-state index contributed by atoms with van der Waals surface area (Å²) in [6.07, 6.45) is 4.73. The average Bonchev–Trinajstić information content (AvgIpc) is 2.91. The van der Waals surface area contributed by atoms with Crippen LogP contribution in [0.25, 0.3) is 0 Å². The van der Waals surface area contributed by atoms with Crippen LogP contribution in [0.2, 0.25) is 0 Å². The first-order valence-electron chi connectivity index (χ1n) is 9.31. The van der Waals surface area contributed by atoms with Gasteiger partial charge in [0.2, 0.25) is 5.91 Å². The lowest BCUT2D eigenvalue weighted by Crippen LogP contribution is -2.46. The lowest BCUT2D eigenvalue weighted by molar-refractivity contribution is -0.119. The summed E-state index contributed by atoms with van der Waals surface area (Å²) in [4.78, 5) is 17.3. The zero-order valence-corrected chi connectivity index (χ0v) is 15.8. The summed E-state index contributed by atoms with van der Waals surface area (Å²) < 4.78 is 5.47. The Hall–Kier alpha value is -1.81. The molecule has 0 saturated carbocycles. The van der Waals surface area contributed by atoms with Crippen molar-refractivity contribution in [1.82, 2.24) is 4.90 Å². The number of hydrogen-bond donors (Lipinski definition) is 0. The van der Waals surface area contributed by atoms with Crippen LogP contribution in [0.5, 0.6) is 5.75 Å². The lowest BCUT2D eigenvalue weighted by Gasteiger charge is -2.39. The number of ether oxygens (including phenoxy) is 1. The summed E-state index contributed by atoms with van der Waals surface area (Å²) >= 11 is 0. The minimum absolute atomic E-state index is 0.0637. The van der Waals surface area contributed by atoms with Crippen molar-refractivity contribution in [2.75, 3.05) is 38.2 Å². The van der Waals surface area contributed by atoms with E-state index in [1.165, 1.54) is 5.56 Å². The molecular formula is C21H30N2O2. The molecule has 1 amide bonds. The number of methoxy groups -OCH3 is 1. The van der Waals surface area contributed by atoms with E-state index in [1.807, 2.05) is 17.0 Å². The molecule has 4 heteroatoms. The van der Waals surface area contributed by atoms with Crippen molar-refractivity contribution in [2.24, 2.45) is 5.92 Å². The Morgan fingerprint density at radius 1 is 1.36 bits per heavy atom. The summed E-state index contributed by atoms with van der Waals surface area (Å²) in [6.45, 7) is 11.9. The zero-order valence-electron chi connectivity index (χ0n) is 15.8. The molecule has 1 aromatic rings. The van der Waals surface area contributed by atoms with E-state index in [9.17, 15) is 4.79 Å². The Morgan fingerprint density at radius 2 is 2.08 bits per heavy atom. The van der Waals surface area contributed by atoms with Gasteiger partial charge in [0.05, 0.1) is 7.11 Å². The van der Waals surface area contributed by atoms with Gasteiger partial charge in [-0.25, -0.2) is 0 Å². The largest absolute Gasteiger partial charge is 0.497 e. The van der Waals surface area contributed by atoms with Crippen molar-refractivity contribution >= 4 is 11.6 Å². The standard InChI is InChI=1S/C21H30N2O2/c1-5-10-22-11-8-21(9-12-22)15-23(20(24)13-16(2)3)19-7-6-17(25-4)14-18(19)21/h5-7,14,16H,1,8-13,15H2,2-4H3. The molecular weight excluding hydrogens is 312 g/mol. The fraction of sp³-hybridized carbons (Fsp3) is 0.571. The van der Waals surface area contributed by atoms with Gasteiger partial charge in [-0.1, -0.05) is 19.9 Å². The Bertz CT molecular complexity index is 645. The zero-order chi connectivity index (χ0) is 18.0. The Kier molecular flexibility index (Phi) is 5.19. The Balaban J connectivity index is 1.91. The molecule has 2 aliphatic rings. The monoisotopic (exact) mass is 342 g/mol. The summed E-state index contributed by atoms with van der Waals surface area (Å²) in [5.41, 5.74) is 2.44. The molecule has 3 rings (SSSR count). The molecule has 0 radical (unpaired) electrons. The predicted octanol–water partition coefficient (Wildman–Crippen LogP) is 3.61. The maximum Gasteiger partial charge on any atom is 0.227 e. The topological polar surface area (TPSA) is 32.8 Å². The van der Waals surface area contributed by atoms with Gasteiger partial charge in [-0.2, -0.15) is 0 Å². The smallest absolute Gasteiger partial charge is 0.227 e. The van der Waals surface area contributed by atoms with Crippen molar-refractivity contribution in [2.45, 2.75) is 38.5 Å². The molecule has 0 aliphatic carbocycles. The molecule has 1 fully saturated rings. The normalized spacial score (nSPS) is 19.3. The number of benzene rings is 1. The summed E-state index contributed by atoms with van der Waals surface area (Å²) in [7, 11) is 1.71. The molecule has 4 nitrogen and oxygen atoms in total. The van der Waals surface area contributed by atoms with Gasteiger partial charge in [-0.05, 0) is 55.6 Å². The highest BCUT2D eigenvalue weighted by molar-refractivity contribution is 5.96. The molecule has 0 N–H and O–H groups in total. The number of fused-ring (bicyclic) bond motifs is 2. The fourth-order valence-corrected chi connectivity index (χ4v) is 4.23. The van der Waals surface area contributed by atoms with Gasteiger partial charge in [0.15, 0.2) is 0 Å². The van der Waals surface area contributed by atoms with Crippen molar-refractivity contribution in [3.05, 3.63) is 36.4 Å². The SMILES string of the molecule is C=CCN1CCC2(CC1)CN(C(=O)CC(C)C)c1ccc(OC)cc12. The van der Waals surface area contributed by atoms with Crippen LogP contribution in [0.3, 0.4) is 0 Å². The van der Waals surface area contributed by atoms with Crippen LogP contribution < -0.4 is 9.64 Å². The second kappa shape index (κ2) is 7.20. The Morgan fingerprint density at radius 3 is 2.68 bits per heavy atom. The van der Waals surface area contributed by atoms with Gasteiger partial charge >= 0.3 is 0 Å². The third-order valence-corrected chi connectivity index (χ3v) is 5.61.